The van der Waals surface area contributed by atoms with E-state index in [0.29, 0.717) is 23.7 Å². The van der Waals surface area contributed by atoms with Crippen molar-refractivity contribution in [3.63, 3.8) is 0 Å². The van der Waals surface area contributed by atoms with E-state index in [2.05, 4.69) is 15.1 Å². The first-order valence-corrected chi connectivity index (χ1v) is 6.27. The van der Waals surface area contributed by atoms with Gasteiger partial charge >= 0.3 is 5.97 Å². The molecule has 0 fully saturated rings. The molecule has 0 spiro atoms. The fourth-order valence-corrected chi connectivity index (χ4v) is 1.93. The maximum Gasteiger partial charge on any atom is 0.356 e. The van der Waals surface area contributed by atoms with E-state index < -0.39 is 5.97 Å². The number of carboxylic acids is 1. The molecule has 0 aliphatic rings. The number of nitrogens with zero attached hydrogens (tertiary/aromatic N) is 3. The van der Waals surface area contributed by atoms with Crippen LogP contribution in [0.2, 0.25) is 0 Å². The summed E-state index contributed by atoms with van der Waals surface area (Å²) in [7, 11) is 0. The molecular formula is C13H16N4O3. The third kappa shape index (κ3) is 2.93. The van der Waals surface area contributed by atoms with Gasteiger partial charge in [-0.05, 0) is 25.3 Å². The zero-order chi connectivity index (χ0) is 14.9. The van der Waals surface area contributed by atoms with Gasteiger partial charge in [-0.2, -0.15) is 5.10 Å². The molecule has 20 heavy (non-hydrogen) atoms. The quantitative estimate of drug-likeness (QED) is 0.872. The van der Waals surface area contributed by atoms with Crippen LogP contribution in [0, 0.1) is 12.8 Å². The number of carboxylic acid groups (broad SMARTS) is 1. The number of aromatic amines is 1. The standard InChI is InChI=1S/C13H16N4O3/c1-7(2)4-9-6-10(12(19)20)16-17(9)13-14-8(3)5-11(18)15-13/h5-7H,4H2,1-3H3,(H,19,20)(H,14,15,18). The molecule has 2 rings (SSSR count). The van der Waals surface area contributed by atoms with Gasteiger partial charge in [0.15, 0.2) is 5.69 Å². The minimum atomic E-state index is -1.11. The molecule has 0 radical (unpaired) electrons. The predicted octanol–water partition coefficient (Wildman–Crippen LogP) is 1.16. The third-order valence-corrected chi connectivity index (χ3v) is 2.68. The van der Waals surface area contributed by atoms with Crippen molar-refractivity contribution in [1.82, 2.24) is 19.7 Å². The Hall–Kier alpha value is -2.44. The Bertz CT molecular complexity index is 700. The molecule has 2 aromatic rings. The first-order chi connectivity index (χ1) is 9.36. The van der Waals surface area contributed by atoms with Crippen LogP contribution in [0.1, 0.15) is 35.7 Å². The number of hydrogen-bond donors (Lipinski definition) is 2. The van der Waals surface area contributed by atoms with Crippen LogP contribution in [-0.2, 0) is 6.42 Å². The Labute approximate surface area is 115 Å². The molecule has 0 aliphatic carbocycles. The van der Waals surface area contributed by atoms with Crippen molar-refractivity contribution in [3.05, 3.63) is 39.6 Å². The average molecular weight is 276 g/mol. The normalized spacial score (nSPS) is 11.0. The van der Waals surface area contributed by atoms with E-state index in [-0.39, 0.29) is 17.2 Å². The van der Waals surface area contributed by atoms with Gasteiger partial charge in [0.25, 0.3) is 5.56 Å². The van der Waals surface area contributed by atoms with Crippen LogP contribution in [0.5, 0.6) is 0 Å². The van der Waals surface area contributed by atoms with Crippen LogP contribution < -0.4 is 5.56 Å². The molecule has 0 saturated carbocycles. The molecule has 0 bridgehead atoms. The highest BCUT2D eigenvalue weighted by Gasteiger charge is 2.16. The molecule has 106 valence electrons. The van der Waals surface area contributed by atoms with Gasteiger partial charge in [0, 0.05) is 17.5 Å². The Kier molecular flexibility index (Phi) is 3.69. The smallest absolute Gasteiger partial charge is 0.356 e. The van der Waals surface area contributed by atoms with Gasteiger partial charge in [0.05, 0.1) is 0 Å². The summed E-state index contributed by atoms with van der Waals surface area (Å²) in [5, 5.41) is 13.0. The number of carbonyl (C=O) groups is 1. The van der Waals surface area contributed by atoms with Crippen LogP contribution in [0.15, 0.2) is 16.9 Å². The lowest BCUT2D eigenvalue weighted by Gasteiger charge is -2.08. The molecule has 0 unspecified atom stereocenters. The maximum atomic E-state index is 11.5. The third-order valence-electron chi connectivity index (χ3n) is 2.68. The summed E-state index contributed by atoms with van der Waals surface area (Å²) in [5.74, 6) is -0.550. The lowest BCUT2D eigenvalue weighted by molar-refractivity contribution is 0.0690. The Morgan fingerprint density at radius 1 is 1.45 bits per heavy atom. The van der Waals surface area contributed by atoms with Crippen molar-refractivity contribution in [2.24, 2.45) is 5.92 Å². The van der Waals surface area contributed by atoms with Gasteiger partial charge in [-0.15, -0.1) is 0 Å². The summed E-state index contributed by atoms with van der Waals surface area (Å²) in [6.07, 6.45) is 0.637. The van der Waals surface area contributed by atoms with Gasteiger partial charge in [-0.1, -0.05) is 13.8 Å². The fraction of sp³-hybridized carbons (Fsp3) is 0.385. The van der Waals surface area contributed by atoms with E-state index in [1.54, 1.807) is 6.92 Å². The number of aromatic carboxylic acids is 1. The van der Waals surface area contributed by atoms with Crippen molar-refractivity contribution in [1.29, 1.82) is 0 Å². The predicted molar refractivity (Wildman–Crippen MR) is 72.2 cm³/mol. The molecule has 0 atom stereocenters. The molecular weight excluding hydrogens is 260 g/mol. The van der Waals surface area contributed by atoms with Crippen molar-refractivity contribution in [2.75, 3.05) is 0 Å². The summed E-state index contributed by atoms with van der Waals surface area (Å²) in [5.41, 5.74) is 0.887. The number of H-pyrrole nitrogens is 1. The number of aromatic nitrogens is 4. The van der Waals surface area contributed by atoms with Crippen LogP contribution in [0.25, 0.3) is 5.95 Å². The number of aryl methyl sites for hydroxylation is 1. The summed E-state index contributed by atoms with van der Waals surface area (Å²) in [6, 6.07) is 2.87. The largest absolute Gasteiger partial charge is 0.476 e. The van der Waals surface area contributed by atoms with Crippen molar-refractivity contribution in [3.8, 4) is 5.95 Å². The van der Waals surface area contributed by atoms with E-state index in [1.165, 1.54) is 16.8 Å². The van der Waals surface area contributed by atoms with E-state index in [0.717, 1.165) is 0 Å². The number of rotatable bonds is 4. The van der Waals surface area contributed by atoms with Gasteiger partial charge in [-0.3, -0.25) is 9.78 Å². The zero-order valence-corrected chi connectivity index (χ0v) is 11.5. The van der Waals surface area contributed by atoms with E-state index in [4.69, 9.17) is 5.11 Å². The number of nitrogens with one attached hydrogen (secondary N) is 1. The Balaban J connectivity index is 2.58. The van der Waals surface area contributed by atoms with Gasteiger partial charge < -0.3 is 5.11 Å². The highest BCUT2D eigenvalue weighted by atomic mass is 16.4. The maximum absolute atomic E-state index is 11.5. The second-order valence-corrected chi connectivity index (χ2v) is 5.05. The van der Waals surface area contributed by atoms with Crippen molar-refractivity contribution >= 4 is 5.97 Å². The van der Waals surface area contributed by atoms with Crippen molar-refractivity contribution in [2.45, 2.75) is 27.2 Å². The van der Waals surface area contributed by atoms with Gasteiger partial charge in [-0.25, -0.2) is 14.5 Å². The van der Waals surface area contributed by atoms with Gasteiger partial charge in [0.1, 0.15) is 0 Å². The number of hydrogen-bond acceptors (Lipinski definition) is 4. The first-order valence-electron chi connectivity index (χ1n) is 6.27. The minimum absolute atomic E-state index is 0.0650. The zero-order valence-electron chi connectivity index (χ0n) is 11.5. The second kappa shape index (κ2) is 5.28. The molecule has 0 saturated heterocycles. The van der Waals surface area contributed by atoms with E-state index in [9.17, 15) is 9.59 Å². The monoisotopic (exact) mass is 276 g/mol. The molecule has 2 aromatic heterocycles. The summed E-state index contributed by atoms with van der Waals surface area (Å²) < 4.78 is 1.39. The van der Waals surface area contributed by atoms with Crippen molar-refractivity contribution < 1.29 is 9.90 Å². The lowest BCUT2D eigenvalue weighted by atomic mass is 10.1. The van der Waals surface area contributed by atoms with Crippen LogP contribution in [-0.4, -0.2) is 30.8 Å². The fourth-order valence-electron chi connectivity index (χ4n) is 1.93. The molecule has 0 amide bonds. The van der Waals surface area contributed by atoms with Crippen LogP contribution >= 0.6 is 0 Å². The highest BCUT2D eigenvalue weighted by molar-refractivity contribution is 5.85. The van der Waals surface area contributed by atoms with Crippen LogP contribution in [0.3, 0.4) is 0 Å². The highest BCUT2D eigenvalue weighted by Crippen LogP contribution is 2.13. The summed E-state index contributed by atoms with van der Waals surface area (Å²) in [6.45, 7) is 5.73. The first kappa shape index (κ1) is 14.0. The summed E-state index contributed by atoms with van der Waals surface area (Å²) in [4.78, 5) is 29.3. The Morgan fingerprint density at radius 2 is 2.15 bits per heavy atom. The van der Waals surface area contributed by atoms with Crippen LogP contribution in [0.4, 0.5) is 0 Å². The lowest BCUT2D eigenvalue weighted by Crippen LogP contribution is -2.16. The summed E-state index contributed by atoms with van der Waals surface area (Å²) >= 11 is 0. The molecule has 7 nitrogen and oxygen atoms in total. The van der Waals surface area contributed by atoms with E-state index in [1.807, 2.05) is 13.8 Å². The topological polar surface area (TPSA) is 101 Å². The van der Waals surface area contributed by atoms with Gasteiger partial charge in [0.2, 0.25) is 5.95 Å². The molecule has 7 heteroatoms. The van der Waals surface area contributed by atoms with E-state index >= 15 is 0 Å². The molecule has 2 heterocycles. The second-order valence-electron chi connectivity index (χ2n) is 5.05. The molecule has 0 aromatic carbocycles. The average Bonchev–Trinajstić information content (AvgIpc) is 2.70. The molecule has 0 aliphatic heterocycles. The Morgan fingerprint density at radius 3 is 2.70 bits per heavy atom. The minimum Gasteiger partial charge on any atom is -0.476 e. The SMILES string of the molecule is Cc1cc(=O)[nH]c(-n2nc(C(=O)O)cc2CC(C)C)n1. The molecule has 2 N–H and O–H groups in total.